The highest BCUT2D eigenvalue weighted by atomic mass is 19.4. The molecule has 192 valence electrons. The number of ether oxygens (including phenoxy) is 2. The lowest BCUT2D eigenvalue weighted by Crippen LogP contribution is -2.40. The lowest BCUT2D eigenvalue weighted by molar-refractivity contribution is -0.145. The summed E-state index contributed by atoms with van der Waals surface area (Å²) in [5.74, 6) is -0.673. The molecule has 1 spiro atoms. The molecule has 2 heterocycles. The van der Waals surface area contributed by atoms with Crippen LogP contribution in [0.3, 0.4) is 0 Å². The molecule has 2 aromatic carbocycles. The second-order valence-electron chi connectivity index (χ2n) is 9.92. The molecule has 5 rings (SSSR count). The molecule has 1 aliphatic heterocycles. The maximum absolute atomic E-state index is 13.7. The van der Waals surface area contributed by atoms with Gasteiger partial charge in [-0.15, -0.1) is 0 Å². The molecule has 0 amide bonds. The number of methoxy groups -OCH3 is 1. The number of imidazole rings is 1. The van der Waals surface area contributed by atoms with Gasteiger partial charge in [0.25, 0.3) is 0 Å². The molecule has 0 bridgehead atoms. The van der Waals surface area contributed by atoms with E-state index in [4.69, 9.17) is 9.47 Å². The average molecular weight is 504 g/mol. The summed E-state index contributed by atoms with van der Waals surface area (Å²) in [6.45, 7) is 0.424. The van der Waals surface area contributed by atoms with E-state index in [1.165, 1.54) is 18.3 Å². The van der Waals surface area contributed by atoms with E-state index >= 15 is 0 Å². The predicted molar refractivity (Wildman–Crippen MR) is 127 cm³/mol. The minimum atomic E-state index is -4.57. The molecule has 1 saturated heterocycles. The topological polar surface area (TPSA) is 39.5 Å². The molecule has 2 aliphatic rings. The number of aromatic nitrogens is 2. The first-order valence-electron chi connectivity index (χ1n) is 12.0. The van der Waals surface area contributed by atoms with Crippen molar-refractivity contribution in [2.24, 2.45) is 0 Å². The van der Waals surface area contributed by atoms with Crippen molar-refractivity contribution < 1.29 is 27.0 Å². The largest absolute Gasteiger partial charge is 0.496 e. The van der Waals surface area contributed by atoms with Gasteiger partial charge in [0.1, 0.15) is 11.6 Å². The van der Waals surface area contributed by atoms with Crippen LogP contribution in [0.4, 0.5) is 17.6 Å². The van der Waals surface area contributed by atoms with Gasteiger partial charge in [-0.2, -0.15) is 13.2 Å². The lowest BCUT2D eigenvalue weighted by atomic mass is 9.78. The van der Waals surface area contributed by atoms with E-state index in [-0.39, 0.29) is 23.7 Å². The van der Waals surface area contributed by atoms with Crippen molar-refractivity contribution >= 4 is 0 Å². The Hall–Kier alpha value is -2.91. The van der Waals surface area contributed by atoms with E-state index in [1.54, 1.807) is 25.3 Å². The molecule has 2 fully saturated rings. The molecule has 4 atom stereocenters. The first-order chi connectivity index (χ1) is 17.1. The van der Waals surface area contributed by atoms with Crippen LogP contribution in [0.15, 0.2) is 54.9 Å². The molecule has 0 N–H and O–H groups in total. The SMILES string of the molecule is COc1ccc(-n2ccnc2C(F)(F)F)cc1[C@H]1CO[C@]2(CC[C@H](N(C)C)[C@H]2c2ccc(F)cc2)C1. The van der Waals surface area contributed by atoms with Crippen molar-refractivity contribution in [3.8, 4) is 11.4 Å². The van der Waals surface area contributed by atoms with E-state index in [0.29, 0.717) is 24.5 Å². The highest BCUT2D eigenvalue weighted by Gasteiger charge is 2.55. The summed E-state index contributed by atoms with van der Waals surface area (Å²) >= 11 is 0. The van der Waals surface area contributed by atoms with Gasteiger partial charge in [0.2, 0.25) is 5.82 Å². The van der Waals surface area contributed by atoms with Crippen molar-refractivity contribution in [1.29, 1.82) is 0 Å². The first-order valence-corrected chi connectivity index (χ1v) is 12.0. The van der Waals surface area contributed by atoms with E-state index in [9.17, 15) is 17.6 Å². The molecule has 36 heavy (non-hydrogen) atoms. The smallest absolute Gasteiger partial charge is 0.450 e. The molecule has 1 aliphatic carbocycles. The molecule has 1 aromatic heterocycles. The third-order valence-electron chi connectivity index (χ3n) is 7.70. The van der Waals surface area contributed by atoms with Gasteiger partial charge in [0, 0.05) is 41.5 Å². The number of rotatable bonds is 5. The van der Waals surface area contributed by atoms with Gasteiger partial charge in [-0.25, -0.2) is 9.37 Å². The summed E-state index contributed by atoms with van der Waals surface area (Å²) in [4.78, 5) is 5.71. The second kappa shape index (κ2) is 9.19. The summed E-state index contributed by atoms with van der Waals surface area (Å²) in [6, 6.07) is 11.9. The predicted octanol–water partition coefficient (Wildman–Crippen LogP) is 5.79. The Morgan fingerprint density at radius 1 is 1.14 bits per heavy atom. The molecule has 3 aromatic rings. The normalized spacial score (nSPS) is 26.3. The third-order valence-corrected chi connectivity index (χ3v) is 7.70. The molecule has 0 radical (unpaired) electrons. The highest BCUT2D eigenvalue weighted by Crippen LogP contribution is 2.55. The highest BCUT2D eigenvalue weighted by molar-refractivity contribution is 5.48. The van der Waals surface area contributed by atoms with Crippen molar-refractivity contribution in [2.45, 2.75) is 48.9 Å². The number of nitrogens with zero attached hydrogens (tertiary/aromatic N) is 3. The van der Waals surface area contributed by atoms with Crippen molar-refractivity contribution in [1.82, 2.24) is 14.5 Å². The van der Waals surface area contributed by atoms with Gasteiger partial charge < -0.3 is 14.4 Å². The fourth-order valence-electron chi connectivity index (χ4n) is 6.12. The van der Waals surface area contributed by atoms with Crippen LogP contribution >= 0.6 is 0 Å². The number of halogens is 4. The molecule has 5 nitrogen and oxygen atoms in total. The van der Waals surface area contributed by atoms with Crippen LogP contribution in [0.1, 0.15) is 48.0 Å². The fourth-order valence-corrected chi connectivity index (χ4v) is 6.12. The minimum absolute atomic E-state index is 0.0396. The summed E-state index contributed by atoms with van der Waals surface area (Å²) in [6.07, 6.45) is 0.351. The van der Waals surface area contributed by atoms with Gasteiger partial charge >= 0.3 is 6.18 Å². The molecule has 1 saturated carbocycles. The van der Waals surface area contributed by atoms with Crippen LogP contribution in [0.5, 0.6) is 5.75 Å². The molecule has 0 unspecified atom stereocenters. The van der Waals surface area contributed by atoms with Gasteiger partial charge in [0.15, 0.2) is 0 Å². The Balaban J connectivity index is 1.51. The van der Waals surface area contributed by atoms with Crippen LogP contribution in [-0.4, -0.2) is 53.9 Å². The number of alkyl halides is 3. The quantitative estimate of drug-likeness (QED) is 0.414. The zero-order chi connectivity index (χ0) is 25.7. The number of benzene rings is 2. The van der Waals surface area contributed by atoms with Crippen LogP contribution in [-0.2, 0) is 10.9 Å². The Labute approximate surface area is 207 Å². The Bertz CT molecular complexity index is 1220. The third kappa shape index (κ3) is 4.28. The number of hydrogen-bond donors (Lipinski definition) is 0. The van der Waals surface area contributed by atoms with Crippen LogP contribution in [0.25, 0.3) is 5.69 Å². The van der Waals surface area contributed by atoms with Crippen LogP contribution in [0.2, 0.25) is 0 Å². The fraction of sp³-hybridized carbons (Fsp3) is 0.444. The first kappa shape index (κ1) is 24.8. The molecular weight excluding hydrogens is 474 g/mol. The van der Waals surface area contributed by atoms with Crippen LogP contribution in [0, 0.1) is 5.82 Å². The summed E-state index contributed by atoms with van der Waals surface area (Å²) < 4.78 is 67.4. The van der Waals surface area contributed by atoms with Crippen molar-refractivity contribution in [2.75, 3.05) is 27.8 Å². The summed E-state index contributed by atoms with van der Waals surface area (Å²) in [7, 11) is 5.65. The number of hydrogen-bond acceptors (Lipinski definition) is 4. The summed E-state index contributed by atoms with van der Waals surface area (Å²) in [5, 5.41) is 0. The maximum Gasteiger partial charge on any atom is 0.450 e. The van der Waals surface area contributed by atoms with Gasteiger partial charge in [-0.1, -0.05) is 12.1 Å². The Kier molecular flexibility index (Phi) is 6.32. The monoisotopic (exact) mass is 503 g/mol. The van der Waals surface area contributed by atoms with E-state index in [0.717, 1.165) is 34.7 Å². The average Bonchev–Trinajstić information content (AvgIpc) is 3.58. The zero-order valence-electron chi connectivity index (χ0n) is 20.4. The Morgan fingerprint density at radius 3 is 2.56 bits per heavy atom. The standard InChI is InChI=1S/C27H29F4N3O2/c1-33(2)22-10-11-26(24(22)17-4-6-19(28)7-5-17)15-18(16-36-26)21-14-20(8-9-23(21)35-3)34-13-12-32-25(34)27(29,30)31/h4-9,12-14,18,22,24H,10-11,15-16H2,1-3H3/t18-,22+,24-,26-/m1/s1. The zero-order valence-corrected chi connectivity index (χ0v) is 20.4. The van der Waals surface area contributed by atoms with Gasteiger partial charge in [0.05, 0.1) is 19.3 Å². The second-order valence-corrected chi connectivity index (χ2v) is 9.92. The van der Waals surface area contributed by atoms with Crippen molar-refractivity contribution in [3.05, 3.63) is 77.6 Å². The van der Waals surface area contributed by atoms with Gasteiger partial charge in [-0.3, -0.25) is 4.57 Å². The Morgan fingerprint density at radius 2 is 1.89 bits per heavy atom. The van der Waals surface area contributed by atoms with Crippen LogP contribution < -0.4 is 4.74 Å². The van der Waals surface area contributed by atoms with E-state index in [1.807, 2.05) is 26.2 Å². The molecular formula is C27H29F4N3O2. The van der Waals surface area contributed by atoms with Crippen molar-refractivity contribution in [3.63, 3.8) is 0 Å². The van der Waals surface area contributed by atoms with Gasteiger partial charge in [-0.05, 0) is 69.3 Å². The van der Waals surface area contributed by atoms with E-state index in [2.05, 4.69) is 9.88 Å². The maximum atomic E-state index is 13.7. The minimum Gasteiger partial charge on any atom is -0.496 e. The lowest BCUT2D eigenvalue weighted by Gasteiger charge is -2.36. The van der Waals surface area contributed by atoms with E-state index < -0.39 is 17.6 Å². The molecule has 9 heteroatoms. The number of likely N-dealkylation sites (N-methyl/N-ethyl adjacent to an activating group) is 1. The summed E-state index contributed by atoms with van der Waals surface area (Å²) in [5.41, 5.74) is 1.75.